The van der Waals surface area contributed by atoms with E-state index in [4.69, 9.17) is 0 Å². The van der Waals surface area contributed by atoms with Crippen molar-refractivity contribution >= 4 is 17.7 Å². The van der Waals surface area contributed by atoms with Crippen molar-refractivity contribution in [3.8, 4) is 0 Å². The van der Waals surface area contributed by atoms with Gasteiger partial charge in [0.25, 0.3) is 0 Å². The summed E-state index contributed by atoms with van der Waals surface area (Å²) >= 11 is 0. The second kappa shape index (κ2) is 7.92. The maximum Gasteiger partial charge on any atom is 0.319 e. The zero-order valence-corrected chi connectivity index (χ0v) is 14.3. The molecule has 1 fully saturated rings. The molecule has 2 heterocycles. The Morgan fingerprint density at radius 3 is 2.80 bits per heavy atom. The Kier molecular flexibility index (Phi) is 5.42. The Bertz CT molecular complexity index is 746. The molecule has 2 amide bonds. The number of urea groups is 1. The van der Waals surface area contributed by atoms with Gasteiger partial charge in [0.05, 0.1) is 12.2 Å². The summed E-state index contributed by atoms with van der Waals surface area (Å²) in [6.45, 7) is 3.89. The van der Waals surface area contributed by atoms with E-state index >= 15 is 0 Å². The third-order valence-electron chi connectivity index (χ3n) is 4.20. The van der Waals surface area contributed by atoms with Gasteiger partial charge in [-0.15, -0.1) is 0 Å². The number of amides is 2. The summed E-state index contributed by atoms with van der Waals surface area (Å²) in [5, 5.41) is 5.34. The first-order valence-corrected chi connectivity index (χ1v) is 8.50. The monoisotopic (exact) mass is 343 g/mol. The second-order valence-corrected chi connectivity index (χ2v) is 6.17. The topological polar surface area (TPSA) is 70.2 Å². The first-order valence-electron chi connectivity index (χ1n) is 8.50. The average Bonchev–Trinajstić information content (AvgIpc) is 2.64. The molecule has 1 saturated heterocycles. The van der Waals surface area contributed by atoms with Crippen LogP contribution >= 0.6 is 0 Å². The molecule has 3 rings (SSSR count). The molecule has 0 unspecified atom stereocenters. The summed E-state index contributed by atoms with van der Waals surface area (Å²) < 4.78 is 13.5. The van der Waals surface area contributed by atoms with Crippen LogP contribution in [-0.4, -0.2) is 29.1 Å². The number of benzene rings is 1. The molecule has 1 aliphatic heterocycles. The molecule has 0 spiro atoms. The van der Waals surface area contributed by atoms with Gasteiger partial charge in [-0.05, 0) is 49.9 Å². The minimum atomic E-state index is -0.401. The second-order valence-electron chi connectivity index (χ2n) is 6.17. The quantitative estimate of drug-likeness (QED) is 0.894. The normalized spacial score (nSPS) is 14.2. The minimum Gasteiger partial charge on any atom is -0.341 e. The van der Waals surface area contributed by atoms with Gasteiger partial charge in [-0.3, -0.25) is 0 Å². The number of piperidine rings is 1. The largest absolute Gasteiger partial charge is 0.341 e. The molecule has 7 heteroatoms. The maximum atomic E-state index is 13.5. The van der Waals surface area contributed by atoms with E-state index in [0.717, 1.165) is 31.6 Å². The lowest BCUT2D eigenvalue weighted by atomic mass is 10.1. The van der Waals surface area contributed by atoms with Crippen molar-refractivity contribution in [2.75, 3.05) is 23.3 Å². The predicted molar refractivity (Wildman–Crippen MR) is 95.1 cm³/mol. The van der Waals surface area contributed by atoms with E-state index in [-0.39, 0.29) is 12.4 Å². The van der Waals surface area contributed by atoms with E-state index in [1.165, 1.54) is 12.5 Å². The van der Waals surface area contributed by atoms with Crippen LogP contribution in [0.2, 0.25) is 0 Å². The van der Waals surface area contributed by atoms with Gasteiger partial charge in [0, 0.05) is 25.0 Å². The highest BCUT2D eigenvalue weighted by atomic mass is 19.1. The van der Waals surface area contributed by atoms with Gasteiger partial charge >= 0.3 is 6.03 Å². The van der Waals surface area contributed by atoms with Gasteiger partial charge in [0.1, 0.15) is 5.82 Å². The summed E-state index contributed by atoms with van der Waals surface area (Å²) in [6, 6.07) is 5.96. The van der Waals surface area contributed by atoms with Crippen molar-refractivity contribution < 1.29 is 9.18 Å². The molecule has 0 radical (unpaired) electrons. The van der Waals surface area contributed by atoms with Gasteiger partial charge in [0.15, 0.2) is 0 Å². The SMILES string of the molecule is Cc1ccc(NC(=O)NCc2ccnc(N3CCCCC3)n2)cc1F. The van der Waals surface area contributed by atoms with E-state index in [0.29, 0.717) is 17.2 Å². The van der Waals surface area contributed by atoms with Crippen LogP contribution in [0.25, 0.3) is 0 Å². The van der Waals surface area contributed by atoms with Crippen molar-refractivity contribution in [3.63, 3.8) is 0 Å². The highest BCUT2D eigenvalue weighted by Gasteiger charge is 2.13. The lowest BCUT2D eigenvalue weighted by Crippen LogP contribution is -2.32. The van der Waals surface area contributed by atoms with Crippen molar-refractivity contribution in [3.05, 3.63) is 47.5 Å². The zero-order chi connectivity index (χ0) is 17.6. The molecule has 0 bridgehead atoms. The Morgan fingerprint density at radius 1 is 1.24 bits per heavy atom. The summed E-state index contributed by atoms with van der Waals surface area (Å²) in [7, 11) is 0. The number of carbonyl (C=O) groups excluding carboxylic acids is 1. The third kappa shape index (κ3) is 4.65. The number of halogens is 1. The molecule has 1 aliphatic rings. The standard InChI is InChI=1S/C18H22FN5O/c1-13-5-6-14(11-16(13)19)23-18(25)21-12-15-7-8-20-17(22-15)24-9-3-2-4-10-24/h5-8,11H,2-4,9-10,12H2,1H3,(H2,21,23,25). The third-order valence-corrected chi connectivity index (χ3v) is 4.20. The van der Waals surface area contributed by atoms with Gasteiger partial charge in [0.2, 0.25) is 5.95 Å². The van der Waals surface area contributed by atoms with Crippen LogP contribution in [0.15, 0.2) is 30.5 Å². The fourth-order valence-electron chi connectivity index (χ4n) is 2.75. The van der Waals surface area contributed by atoms with E-state index in [1.54, 1.807) is 31.3 Å². The molecule has 0 saturated carbocycles. The molecule has 2 N–H and O–H groups in total. The number of hydrogen-bond donors (Lipinski definition) is 2. The van der Waals surface area contributed by atoms with Crippen LogP contribution in [-0.2, 0) is 6.54 Å². The summed E-state index contributed by atoms with van der Waals surface area (Å²) in [4.78, 5) is 23.0. The van der Waals surface area contributed by atoms with Crippen LogP contribution in [0.5, 0.6) is 0 Å². The van der Waals surface area contributed by atoms with Crippen LogP contribution in [0, 0.1) is 12.7 Å². The Balaban J connectivity index is 1.55. The molecular weight excluding hydrogens is 321 g/mol. The highest BCUT2D eigenvalue weighted by Crippen LogP contribution is 2.15. The molecule has 1 aromatic heterocycles. The van der Waals surface area contributed by atoms with Crippen molar-refractivity contribution in [2.24, 2.45) is 0 Å². The van der Waals surface area contributed by atoms with Crippen LogP contribution in [0.4, 0.5) is 20.8 Å². The lowest BCUT2D eigenvalue weighted by molar-refractivity contribution is 0.251. The fourth-order valence-corrected chi connectivity index (χ4v) is 2.75. The Hall–Kier alpha value is -2.70. The molecule has 25 heavy (non-hydrogen) atoms. The number of aromatic nitrogens is 2. The summed E-state index contributed by atoms with van der Waals surface area (Å²) in [5.41, 5.74) is 1.69. The van der Waals surface area contributed by atoms with Gasteiger partial charge < -0.3 is 15.5 Å². The van der Waals surface area contributed by atoms with E-state index < -0.39 is 6.03 Å². The molecule has 0 aliphatic carbocycles. The van der Waals surface area contributed by atoms with Crippen LogP contribution in [0.3, 0.4) is 0 Å². The van der Waals surface area contributed by atoms with E-state index in [1.807, 2.05) is 0 Å². The predicted octanol–water partition coefficient (Wildman–Crippen LogP) is 3.24. The van der Waals surface area contributed by atoms with Gasteiger partial charge in [-0.25, -0.2) is 19.2 Å². The lowest BCUT2D eigenvalue weighted by Gasteiger charge is -2.26. The van der Waals surface area contributed by atoms with Crippen LogP contribution < -0.4 is 15.5 Å². The summed E-state index contributed by atoms with van der Waals surface area (Å²) in [5.74, 6) is 0.361. The minimum absolute atomic E-state index is 0.281. The van der Waals surface area contributed by atoms with E-state index in [9.17, 15) is 9.18 Å². The number of nitrogens with one attached hydrogen (secondary N) is 2. The summed E-state index contributed by atoms with van der Waals surface area (Å²) in [6.07, 6.45) is 5.27. The molecular formula is C18H22FN5O. The van der Waals surface area contributed by atoms with Crippen molar-refractivity contribution in [1.82, 2.24) is 15.3 Å². The number of nitrogens with zero attached hydrogens (tertiary/aromatic N) is 3. The number of hydrogen-bond acceptors (Lipinski definition) is 4. The Morgan fingerprint density at radius 2 is 2.04 bits per heavy atom. The molecule has 132 valence electrons. The van der Waals surface area contributed by atoms with Crippen molar-refractivity contribution in [1.29, 1.82) is 0 Å². The average molecular weight is 343 g/mol. The first-order chi connectivity index (χ1) is 12.1. The number of carbonyl (C=O) groups is 1. The van der Waals surface area contributed by atoms with Gasteiger partial charge in [-0.2, -0.15) is 0 Å². The smallest absolute Gasteiger partial charge is 0.319 e. The zero-order valence-electron chi connectivity index (χ0n) is 14.3. The maximum absolute atomic E-state index is 13.5. The number of rotatable bonds is 4. The van der Waals surface area contributed by atoms with Gasteiger partial charge in [-0.1, -0.05) is 6.07 Å². The number of aryl methyl sites for hydroxylation is 1. The first kappa shape index (κ1) is 17.1. The molecule has 0 atom stereocenters. The number of anilines is 2. The molecule has 1 aromatic carbocycles. The molecule has 2 aromatic rings. The van der Waals surface area contributed by atoms with Crippen molar-refractivity contribution in [2.45, 2.75) is 32.7 Å². The van der Waals surface area contributed by atoms with E-state index in [2.05, 4.69) is 25.5 Å². The Labute approximate surface area is 146 Å². The highest BCUT2D eigenvalue weighted by molar-refractivity contribution is 5.89. The molecule has 6 nitrogen and oxygen atoms in total. The van der Waals surface area contributed by atoms with Crippen LogP contribution in [0.1, 0.15) is 30.5 Å². The fraction of sp³-hybridized carbons (Fsp3) is 0.389.